The molecule has 11 atom stereocenters. The Labute approximate surface area is 262 Å². The smallest absolute Gasteiger partial charge is 0.343 e. The third-order valence-corrected chi connectivity index (χ3v) is 12.6. The van der Waals surface area contributed by atoms with E-state index in [0.29, 0.717) is 62.0 Å². The molecule has 11 unspecified atom stereocenters. The Morgan fingerprint density at radius 1 is 1.07 bits per heavy atom. The molecule has 8 nitrogen and oxygen atoms in total. The van der Waals surface area contributed by atoms with Crippen molar-refractivity contribution in [2.75, 3.05) is 0 Å². The quantitative estimate of drug-likeness (QED) is 0.222. The molecule has 4 saturated carbocycles. The Hall–Kier alpha value is -2.00. The van der Waals surface area contributed by atoms with Crippen LogP contribution in [-0.2, 0) is 23.9 Å². The summed E-state index contributed by atoms with van der Waals surface area (Å²) >= 11 is 0. The summed E-state index contributed by atoms with van der Waals surface area (Å²) in [5.41, 5.74) is -3.44. The standard InChI is InChI=1S/C35H55FO8/c1-18(2)11-10-12-21(30(40)41)26-22-13-14-25-33(7)16-15-23(38)19(3)27(33)28(44-31(42)32(5,6)36)29(39)35(25,9)34(22,8)17-24(26)43-20(4)37/h18-19,22-25,27-29,38-39H,10-17H2,1-9H3,(H,40,41). The van der Waals surface area contributed by atoms with E-state index in [4.69, 9.17) is 9.47 Å². The summed E-state index contributed by atoms with van der Waals surface area (Å²) in [5, 5.41) is 33.9. The average molecular weight is 623 g/mol. The van der Waals surface area contributed by atoms with Crippen molar-refractivity contribution in [2.24, 2.45) is 45.8 Å². The van der Waals surface area contributed by atoms with Gasteiger partial charge in [0.2, 0.25) is 5.67 Å². The molecule has 250 valence electrons. The molecule has 4 fully saturated rings. The van der Waals surface area contributed by atoms with E-state index in [1.165, 1.54) is 6.92 Å². The summed E-state index contributed by atoms with van der Waals surface area (Å²) in [6.07, 6.45) is 1.12. The van der Waals surface area contributed by atoms with Crippen LogP contribution in [0.5, 0.6) is 0 Å². The van der Waals surface area contributed by atoms with Crippen molar-refractivity contribution >= 4 is 17.9 Å². The van der Waals surface area contributed by atoms with Crippen molar-refractivity contribution in [3.63, 3.8) is 0 Å². The minimum Gasteiger partial charge on any atom is -0.478 e. The minimum absolute atomic E-state index is 0.0638. The van der Waals surface area contributed by atoms with E-state index < -0.39 is 70.2 Å². The van der Waals surface area contributed by atoms with Gasteiger partial charge in [-0.05, 0) is 98.9 Å². The zero-order chi connectivity index (χ0) is 33.2. The van der Waals surface area contributed by atoms with Gasteiger partial charge in [-0.3, -0.25) is 4.79 Å². The predicted molar refractivity (Wildman–Crippen MR) is 163 cm³/mol. The lowest BCUT2D eigenvalue weighted by atomic mass is 9.35. The van der Waals surface area contributed by atoms with Gasteiger partial charge in [0.25, 0.3) is 0 Å². The van der Waals surface area contributed by atoms with Gasteiger partial charge in [-0.1, -0.05) is 48.0 Å². The molecule has 4 rings (SSSR count). The van der Waals surface area contributed by atoms with Crippen LogP contribution in [0.25, 0.3) is 0 Å². The molecule has 9 heteroatoms. The van der Waals surface area contributed by atoms with E-state index in [1.807, 2.05) is 13.8 Å². The highest BCUT2D eigenvalue weighted by Gasteiger charge is 2.74. The maximum absolute atomic E-state index is 14.9. The molecular weight excluding hydrogens is 567 g/mol. The molecule has 4 aliphatic carbocycles. The van der Waals surface area contributed by atoms with Crippen LogP contribution in [0.2, 0.25) is 0 Å². The number of ether oxygens (including phenoxy) is 2. The Bertz CT molecular complexity index is 1170. The van der Waals surface area contributed by atoms with Crippen molar-refractivity contribution in [1.29, 1.82) is 0 Å². The highest BCUT2D eigenvalue weighted by atomic mass is 19.1. The fourth-order valence-electron chi connectivity index (χ4n) is 10.4. The van der Waals surface area contributed by atoms with Crippen LogP contribution < -0.4 is 0 Å². The number of aliphatic carboxylic acids is 1. The number of aliphatic hydroxyl groups is 2. The molecule has 0 amide bonds. The van der Waals surface area contributed by atoms with Crippen molar-refractivity contribution in [2.45, 2.75) is 144 Å². The second kappa shape index (κ2) is 12.0. The Kier molecular flexibility index (Phi) is 9.49. The number of esters is 2. The second-order valence-corrected chi connectivity index (χ2v) is 16.0. The van der Waals surface area contributed by atoms with Gasteiger partial charge in [0, 0.05) is 23.8 Å². The number of carbonyl (C=O) groups is 3. The Balaban J connectivity index is 1.89. The molecule has 0 aromatic carbocycles. The normalized spacial score (nSPS) is 43.0. The van der Waals surface area contributed by atoms with Crippen LogP contribution in [0.15, 0.2) is 11.1 Å². The SMILES string of the molecule is CC(=O)OC1CC2(C)C(CCC3C4(C)CCC(O)C(C)C4C(OC(=O)C(C)(C)F)C(O)C32C)C1=C(CCCC(C)C)C(=O)O. The van der Waals surface area contributed by atoms with Crippen molar-refractivity contribution < 1.29 is 43.6 Å². The number of alkyl halides is 1. The van der Waals surface area contributed by atoms with Gasteiger partial charge in [0.15, 0.2) is 0 Å². The molecule has 0 aliphatic heterocycles. The predicted octanol–water partition coefficient (Wildman–Crippen LogP) is 6.02. The summed E-state index contributed by atoms with van der Waals surface area (Å²) < 4.78 is 26.7. The number of carbonyl (C=O) groups excluding carboxylic acids is 2. The van der Waals surface area contributed by atoms with Gasteiger partial charge < -0.3 is 24.8 Å². The van der Waals surface area contributed by atoms with Crippen LogP contribution >= 0.6 is 0 Å². The van der Waals surface area contributed by atoms with E-state index in [9.17, 15) is 34.1 Å². The molecule has 0 bridgehead atoms. The van der Waals surface area contributed by atoms with Gasteiger partial charge in [0.1, 0.15) is 12.2 Å². The van der Waals surface area contributed by atoms with Crippen LogP contribution in [0, 0.1) is 45.8 Å². The van der Waals surface area contributed by atoms with E-state index in [-0.39, 0.29) is 17.8 Å². The number of aliphatic hydroxyl groups excluding tert-OH is 2. The molecule has 0 aromatic rings. The van der Waals surface area contributed by atoms with E-state index >= 15 is 0 Å². The third-order valence-electron chi connectivity index (χ3n) is 12.6. The lowest BCUT2D eigenvalue weighted by Crippen LogP contribution is -2.72. The van der Waals surface area contributed by atoms with Gasteiger partial charge in [-0.2, -0.15) is 0 Å². The number of fused-ring (bicyclic) bond motifs is 5. The van der Waals surface area contributed by atoms with Crippen LogP contribution in [0.4, 0.5) is 4.39 Å². The van der Waals surface area contributed by atoms with Gasteiger partial charge in [-0.15, -0.1) is 0 Å². The number of hydrogen-bond acceptors (Lipinski definition) is 7. The van der Waals surface area contributed by atoms with Crippen LogP contribution in [-0.4, -0.2) is 63.3 Å². The molecule has 4 aliphatic rings. The average Bonchev–Trinajstić information content (AvgIpc) is 3.18. The second-order valence-electron chi connectivity index (χ2n) is 16.0. The fourth-order valence-corrected chi connectivity index (χ4v) is 10.4. The Morgan fingerprint density at radius 3 is 2.25 bits per heavy atom. The first-order valence-electron chi connectivity index (χ1n) is 16.6. The first-order chi connectivity index (χ1) is 20.2. The highest BCUT2D eigenvalue weighted by Crippen LogP contribution is 2.74. The third kappa shape index (κ3) is 5.52. The van der Waals surface area contributed by atoms with E-state index in [1.54, 1.807) is 0 Å². The number of halogens is 1. The maximum Gasteiger partial charge on any atom is 0.343 e. The summed E-state index contributed by atoms with van der Waals surface area (Å²) in [4.78, 5) is 38.3. The van der Waals surface area contributed by atoms with Crippen molar-refractivity contribution in [1.82, 2.24) is 0 Å². The van der Waals surface area contributed by atoms with Gasteiger partial charge in [-0.25, -0.2) is 14.0 Å². The van der Waals surface area contributed by atoms with Gasteiger partial charge in [0.05, 0.1) is 12.2 Å². The van der Waals surface area contributed by atoms with E-state index in [2.05, 4.69) is 27.7 Å². The van der Waals surface area contributed by atoms with Crippen LogP contribution in [0.1, 0.15) is 114 Å². The minimum atomic E-state index is -2.28. The van der Waals surface area contributed by atoms with Crippen molar-refractivity contribution in [3.05, 3.63) is 11.1 Å². The molecule has 0 heterocycles. The molecule has 0 spiro atoms. The first-order valence-corrected chi connectivity index (χ1v) is 16.6. The maximum atomic E-state index is 14.9. The summed E-state index contributed by atoms with van der Waals surface area (Å²) in [6, 6.07) is 0. The van der Waals surface area contributed by atoms with Crippen molar-refractivity contribution in [3.8, 4) is 0 Å². The zero-order valence-corrected chi connectivity index (χ0v) is 28.1. The summed E-state index contributed by atoms with van der Waals surface area (Å²) in [7, 11) is 0. The lowest BCUT2D eigenvalue weighted by Gasteiger charge is -2.70. The monoisotopic (exact) mass is 622 g/mol. The largest absolute Gasteiger partial charge is 0.478 e. The fraction of sp³-hybridized carbons (Fsp3) is 0.857. The lowest BCUT2D eigenvalue weighted by molar-refractivity contribution is -0.290. The van der Waals surface area contributed by atoms with Crippen LogP contribution in [0.3, 0.4) is 0 Å². The molecule has 0 aromatic heterocycles. The Morgan fingerprint density at radius 2 is 1.70 bits per heavy atom. The summed E-state index contributed by atoms with van der Waals surface area (Å²) in [6.45, 7) is 15.9. The van der Waals surface area contributed by atoms with Gasteiger partial charge >= 0.3 is 17.9 Å². The number of hydrogen-bond donors (Lipinski definition) is 3. The number of rotatable bonds is 8. The molecule has 0 saturated heterocycles. The number of carboxylic acids is 1. The molecule has 3 N–H and O–H groups in total. The first kappa shape index (κ1) is 34.9. The zero-order valence-electron chi connectivity index (χ0n) is 28.1. The molecule has 0 radical (unpaired) electrons. The molecular formula is C35H55FO8. The topological polar surface area (TPSA) is 130 Å². The van der Waals surface area contributed by atoms with E-state index in [0.717, 1.165) is 20.3 Å². The highest BCUT2D eigenvalue weighted by molar-refractivity contribution is 5.88. The summed E-state index contributed by atoms with van der Waals surface area (Å²) in [5.74, 6) is -3.20. The number of carboxylic acid groups (broad SMARTS) is 1. The molecule has 44 heavy (non-hydrogen) atoms.